The Bertz CT molecular complexity index is 464. The summed E-state index contributed by atoms with van der Waals surface area (Å²) < 4.78 is 0. The van der Waals surface area contributed by atoms with Crippen molar-refractivity contribution in [3.63, 3.8) is 0 Å². The molecule has 7 heteroatoms. The van der Waals surface area contributed by atoms with Crippen LogP contribution in [0.5, 0.6) is 0 Å². The third-order valence-corrected chi connectivity index (χ3v) is 3.11. The number of carbonyl (C=O) groups excluding carboxylic acids is 1. The van der Waals surface area contributed by atoms with E-state index in [4.69, 9.17) is 5.73 Å². The first kappa shape index (κ1) is 12.6. The average molecular weight is 248 g/mol. The summed E-state index contributed by atoms with van der Waals surface area (Å²) in [6.45, 7) is 3.93. The number of aliphatic imine (C=N–C) groups is 4. The summed E-state index contributed by atoms with van der Waals surface area (Å²) >= 11 is 0. The Morgan fingerprint density at radius 3 is 3.00 bits per heavy atom. The minimum Gasteiger partial charge on any atom is -0.320 e. The Morgan fingerprint density at radius 2 is 2.28 bits per heavy atom. The number of nitrogens with zero attached hydrogens (tertiary/aromatic N) is 4. The first-order valence-electron chi connectivity index (χ1n) is 5.89. The van der Waals surface area contributed by atoms with Crippen LogP contribution in [0, 0.1) is 5.92 Å². The second-order valence-corrected chi connectivity index (χ2v) is 4.31. The van der Waals surface area contributed by atoms with Crippen molar-refractivity contribution in [3.05, 3.63) is 0 Å². The molecule has 0 radical (unpaired) electrons. The summed E-state index contributed by atoms with van der Waals surface area (Å²) in [7, 11) is 0. The molecule has 0 aromatic carbocycles. The highest BCUT2D eigenvalue weighted by Crippen LogP contribution is 2.09. The van der Waals surface area contributed by atoms with Gasteiger partial charge in [-0.25, -0.2) is 15.0 Å². The topological polar surface area (TPSA) is 105 Å². The van der Waals surface area contributed by atoms with Gasteiger partial charge < -0.3 is 11.1 Å². The number of rotatable bonds is 3. The number of hydrogen-bond acceptors (Lipinski definition) is 6. The van der Waals surface area contributed by atoms with Crippen LogP contribution in [0.3, 0.4) is 0 Å². The Morgan fingerprint density at radius 1 is 1.50 bits per heavy atom. The van der Waals surface area contributed by atoms with E-state index in [-0.39, 0.29) is 11.8 Å². The van der Waals surface area contributed by atoms with E-state index in [2.05, 4.69) is 25.3 Å². The summed E-state index contributed by atoms with van der Waals surface area (Å²) in [5.41, 5.74) is 5.86. The fourth-order valence-corrected chi connectivity index (χ4v) is 1.64. The number of amides is 1. The van der Waals surface area contributed by atoms with E-state index in [1.165, 1.54) is 12.7 Å². The van der Waals surface area contributed by atoms with E-state index in [9.17, 15) is 4.79 Å². The molecule has 0 saturated heterocycles. The molecule has 18 heavy (non-hydrogen) atoms. The van der Waals surface area contributed by atoms with Crippen molar-refractivity contribution >= 4 is 30.3 Å². The smallest absolute Gasteiger partial charge is 0.242 e. The predicted octanol–water partition coefficient (Wildman–Crippen LogP) is -0.275. The first-order chi connectivity index (χ1) is 8.63. The third kappa shape index (κ3) is 2.35. The van der Waals surface area contributed by atoms with Crippen LogP contribution >= 0.6 is 0 Å². The fourth-order valence-electron chi connectivity index (χ4n) is 1.64. The van der Waals surface area contributed by atoms with Crippen molar-refractivity contribution in [2.45, 2.75) is 32.4 Å². The molecule has 0 spiro atoms. The van der Waals surface area contributed by atoms with Gasteiger partial charge >= 0.3 is 0 Å². The third-order valence-electron chi connectivity index (χ3n) is 3.11. The number of nitrogens with one attached hydrogen (secondary N) is 1. The number of amidine groups is 2. The van der Waals surface area contributed by atoms with Crippen molar-refractivity contribution in [1.82, 2.24) is 5.32 Å². The van der Waals surface area contributed by atoms with Crippen molar-refractivity contribution in [2.24, 2.45) is 31.6 Å². The van der Waals surface area contributed by atoms with Gasteiger partial charge in [0.1, 0.15) is 18.5 Å². The van der Waals surface area contributed by atoms with Crippen LogP contribution in [-0.2, 0) is 4.79 Å². The zero-order valence-electron chi connectivity index (χ0n) is 10.4. The van der Waals surface area contributed by atoms with E-state index in [0.717, 1.165) is 6.42 Å². The van der Waals surface area contributed by atoms with Crippen LogP contribution in [0.15, 0.2) is 20.0 Å². The van der Waals surface area contributed by atoms with Gasteiger partial charge in [-0.1, -0.05) is 20.3 Å². The van der Waals surface area contributed by atoms with Crippen LogP contribution in [0.25, 0.3) is 0 Å². The van der Waals surface area contributed by atoms with E-state index in [1.807, 2.05) is 13.8 Å². The lowest BCUT2D eigenvalue weighted by molar-refractivity contribution is -0.122. The Kier molecular flexibility index (Phi) is 3.61. The SMILES string of the molecule is CCC(C)C(N)C(=O)NC1=NC=NC2=NC=NC21. The van der Waals surface area contributed by atoms with Gasteiger partial charge in [0.25, 0.3) is 0 Å². The van der Waals surface area contributed by atoms with Gasteiger partial charge in [0.2, 0.25) is 5.91 Å². The fraction of sp³-hybridized carbons (Fsp3) is 0.545. The summed E-state index contributed by atoms with van der Waals surface area (Å²) in [5, 5.41) is 2.71. The molecule has 3 unspecified atom stereocenters. The second-order valence-electron chi connectivity index (χ2n) is 4.31. The largest absolute Gasteiger partial charge is 0.320 e. The summed E-state index contributed by atoms with van der Waals surface area (Å²) in [5.74, 6) is 0.835. The van der Waals surface area contributed by atoms with Crippen LogP contribution in [0.1, 0.15) is 20.3 Å². The number of nitrogens with two attached hydrogens (primary N) is 1. The molecule has 0 aromatic heterocycles. The van der Waals surface area contributed by atoms with Crippen molar-refractivity contribution in [3.8, 4) is 0 Å². The minimum atomic E-state index is -0.553. The maximum atomic E-state index is 11.9. The van der Waals surface area contributed by atoms with Crippen LogP contribution < -0.4 is 11.1 Å². The lowest BCUT2D eigenvalue weighted by atomic mass is 9.99. The molecule has 0 saturated carbocycles. The quantitative estimate of drug-likeness (QED) is 0.717. The van der Waals surface area contributed by atoms with E-state index in [1.54, 1.807) is 0 Å². The van der Waals surface area contributed by atoms with Gasteiger partial charge in [-0.2, -0.15) is 0 Å². The molecule has 3 atom stereocenters. The first-order valence-corrected chi connectivity index (χ1v) is 5.89. The maximum Gasteiger partial charge on any atom is 0.242 e. The molecule has 2 rings (SSSR count). The van der Waals surface area contributed by atoms with Crippen molar-refractivity contribution < 1.29 is 4.79 Å². The predicted molar refractivity (Wildman–Crippen MR) is 71.2 cm³/mol. The monoisotopic (exact) mass is 248 g/mol. The summed E-state index contributed by atoms with van der Waals surface area (Å²) in [4.78, 5) is 28.0. The number of fused-ring (bicyclic) bond motifs is 1. The van der Waals surface area contributed by atoms with E-state index >= 15 is 0 Å². The normalized spacial score (nSPS) is 24.1. The van der Waals surface area contributed by atoms with Gasteiger partial charge in [0.05, 0.1) is 6.04 Å². The zero-order valence-corrected chi connectivity index (χ0v) is 10.4. The number of carbonyl (C=O) groups is 1. The molecule has 96 valence electrons. The molecule has 0 bridgehead atoms. The van der Waals surface area contributed by atoms with Crippen molar-refractivity contribution in [1.29, 1.82) is 0 Å². The molecule has 0 fully saturated rings. The van der Waals surface area contributed by atoms with Gasteiger partial charge in [-0.05, 0) is 5.92 Å². The minimum absolute atomic E-state index is 0.114. The maximum absolute atomic E-state index is 11.9. The summed E-state index contributed by atoms with van der Waals surface area (Å²) in [6.07, 6.45) is 3.62. The Hall–Kier alpha value is -1.89. The highest BCUT2D eigenvalue weighted by atomic mass is 16.2. The summed E-state index contributed by atoms with van der Waals surface area (Å²) in [6, 6.07) is -0.953. The van der Waals surface area contributed by atoms with Gasteiger partial charge in [0, 0.05) is 0 Å². The molecule has 0 aliphatic carbocycles. The molecule has 7 nitrogen and oxygen atoms in total. The highest BCUT2D eigenvalue weighted by Gasteiger charge is 2.29. The van der Waals surface area contributed by atoms with Crippen LogP contribution in [-0.4, -0.2) is 42.3 Å². The molecular formula is C11H16N6O. The molecule has 0 aromatic rings. The molecule has 3 N–H and O–H groups in total. The molecule has 2 aliphatic heterocycles. The standard InChI is InChI=1S/C11H16N6O/c1-3-6(2)7(12)11(18)17-10-8-9(14-4-13-8)15-5-16-10/h4-8H,3,12H2,1-2H3,(H,13,14,15,16,17,18). The van der Waals surface area contributed by atoms with Gasteiger partial charge in [-0.15, -0.1) is 0 Å². The second kappa shape index (κ2) is 5.18. The average Bonchev–Trinajstić information content (AvgIpc) is 2.86. The lowest BCUT2D eigenvalue weighted by Gasteiger charge is -2.20. The van der Waals surface area contributed by atoms with Crippen LogP contribution in [0.4, 0.5) is 0 Å². The molecular weight excluding hydrogens is 232 g/mol. The zero-order chi connectivity index (χ0) is 13.1. The molecule has 1 amide bonds. The van der Waals surface area contributed by atoms with E-state index < -0.39 is 12.1 Å². The van der Waals surface area contributed by atoms with Crippen molar-refractivity contribution in [2.75, 3.05) is 0 Å². The van der Waals surface area contributed by atoms with Crippen LogP contribution in [0.2, 0.25) is 0 Å². The molecule has 2 heterocycles. The highest BCUT2D eigenvalue weighted by molar-refractivity contribution is 6.22. The molecule has 2 aliphatic rings. The van der Waals surface area contributed by atoms with Gasteiger partial charge in [0.15, 0.2) is 11.9 Å². The van der Waals surface area contributed by atoms with E-state index in [0.29, 0.717) is 11.7 Å². The number of hydrogen-bond donors (Lipinski definition) is 2. The lowest BCUT2D eigenvalue weighted by Crippen LogP contribution is -2.50. The Labute approximate surface area is 105 Å². The van der Waals surface area contributed by atoms with Gasteiger partial charge in [-0.3, -0.25) is 9.79 Å². The Balaban J connectivity index is 2.04.